The lowest BCUT2D eigenvalue weighted by Gasteiger charge is -1.98. The van der Waals surface area contributed by atoms with Crippen molar-refractivity contribution in [2.45, 2.75) is 91.4 Å². The fraction of sp³-hybridized carbons (Fsp3) is 0.778. The van der Waals surface area contributed by atoms with Crippen LogP contribution in [-0.2, 0) is 4.79 Å². The van der Waals surface area contributed by atoms with E-state index in [0.29, 0.717) is 6.42 Å². The fourth-order valence-electron chi connectivity index (χ4n) is 2.06. The minimum atomic E-state index is 0.276. The Kier molecular flexibility index (Phi) is 13.0. The summed E-state index contributed by atoms with van der Waals surface area (Å²) in [7, 11) is 0. The van der Waals surface area contributed by atoms with Gasteiger partial charge in [-0.1, -0.05) is 58.8 Å². The molecule has 0 unspecified atom stereocenters. The first-order valence-electron chi connectivity index (χ1n) is 8.17. The van der Waals surface area contributed by atoms with Gasteiger partial charge in [0.15, 0.2) is 5.78 Å². The number of carbonyl (C=O) groups is 1. The molecule has 0 saturated carbocycles. The highest BCUT2D eigenvalue weighted by Crippen LogP contribution is 2.08. The van der Waals surface area contributed by atoms with E-state index in [1.807, 2.05) is 13.0 Å². The van der Waals surface area contributed by atoms with Gasteiger partial charge in [-0.15, -0.1) is 5.73 Å². The smallest absolute Gasteiger partial charge is 0.166 e. The minimum Gasteiger partial charge on any atom is -0.294 e. The molecule has 19 heavy (non-hydrogen) atoms. The van der Waals surface area contributed by atoms with E-state index in [0.717, 1.165) is 18.4 Å². The molecule has 0 N–H and O–H groups in total. The molecule has 0 radical (unpaired) electrons. The van der Waals surface area contributed by atoms with Crippen molar-refractivity contribution < 1.29 is 4.79 Å². The van der Waals surface area contributed by atoms with Gasteiger partial charge in [0.1, 0.15) is 0 Å². The minimum absolute atomic E-state index is 0.276. The maximum atomic E-state index is 11.8. The van der Waals surface area contributed by atoms with Crippen molar-refractivity contribution in [3.05, 3.63) is 17.4 Å². The molecule has 0 bridgehead atoms. The molecular formula is C18H32O. The number of ketones is 1. The average Bonchev–Trinajstić information content (AvgIpc) is 2.42. The van der Waals surface area contributed by atoms with Gasteiger partial charge in [-0.3, -0.25) is 4.79 Å². The Morgan fingerprint density at radius 1 is 0.895 bits per heavy atom. The standard InChI is InChI=1S/C18H32O/c1-4-6-8-10-11-12-13-15-17(3)18(19)16-14-9-7-5-2/h13H,4-12,14,16H2,1-3H3. The lowest BCUT2D eigenvalue weighted by Crippen LogP contribution is -1.98. The second-order valence-corrected chi connectivity index (χ2v) is 5.41. The fourth-order valence-corrected chi connectivity index (χ4v) is 2.06. The van der Waals surface area contributed by atoms with Gasteiger partial charge >= 0.3 is 0 Å². The van der Waals surface area contributed by atoms with E-state index >= 15 is 0 Å². The Morgan fingerprint density at radius 2 is 1.47 bits per heavy atom. The van der Waals surface area contributed by atoms with Gasteiger partial charge in [0.2, 0.25) is 0 Å². The van der Waals surface area contributed by atoms with Gasteiger partial charge in [0.25, 0.3) is 0 Å². The van der Waals surface area contributed by atoms with Gasteiger partial charge in [0.05, 0.1) is 0 Å². The SMILES string of the molecule is CCCCCCCC=C=C(C)C(=O)CCCCCC. The largest absolute Gasteiger partial charge is 0.294 e. The molecule has 1 heteroatoms. The second kappa shape index (κ2) is 13.6. The van der Waals surface area contributed by atoms with Crippen molar-refractivity contribution in [1.29, 1.82) is 0 Å². The summed E-state index contributed by atoms with van der Waals surface area (Å²) in [5, 5.41) is 0. The van der Waals surface area contributed by atoms with E-state index in [2.05, 4.69) is 19.6 Å². The van der Waals surface area contributed by atoms with E-state index in [-0.39, 0.29) is 5.78 Å². The third kappa shape index (κ3) is 12.0. The Morgan fingerprint density at radius 3 is 2.11 bits per heavy atom. The third-order valence-corrected chi connectivity index (χ3v) is 3.45. The Hall–Kier alpha value is -0.810. The van der Waals surface area contributed by atoms with Gasteiger partial charge < -0.3 is 0 Å². The zero-order valence-corrected chi connectivity index (χ0v) is 13.3. The maximum absolute atomic E-state index is 11.8. The summed E-state index contributed by atoms with van der Waals surface area (Å²) < 4.78 is 0. The topological polar surface area (TPSA) is 17.1 Å². The molecule has 1 nitrogen and oxygen atoms in total. The van der Waals surface area contributed by atoms with Crippen LogP contribution in [0.25, 0.3) is 0 Å². The molecule has 0 rings (SSSR count). The number of hydrogen-bond acceptors (Lipinski definition) is 1. The summed E-state index contributed by atoms with van der Waals surface area (Å²) in [6.07, 6.45) is 15.0. The normalized spacial score (nSPS) is 10.1. The van der Waals surface area contributed by atoms with Gasteiger partial charge in [-0.25, -0.2) is 0 Å². The second-order valence-electron chi connectivity index (χ2n) is 5.41. The van der Waals surface area contributed by atoms with Crippen molar-refractivity contribution in [1.82, 2.24) is 0 Å². The zero-order chi connectivity index (χ0) is 14.3. The molecule has 0 saturated heterocycles. The van der Waals surface area contributed by atoms with Gasteiger partial charge in [-0.05, 0) is 32.3 Å². The van der Waals surface area contributed by atoms with E-state index in [1.165, 1.54) is 51.4 Å². The zero-order valence-electron chi connectivity index (χ0n) is 13.3. The molecule has 0 fully saturated rings. The monoisotopic (exact) mass is 264 g/mol. The summed E-state index contributed by atoms with van der Waals surface area (Å²) in [6.45, 7) is 6.32. The highest BCUT2D eigenvalue weighted by molar-refractivity contribution is 5.94. The molecule has 0 aromatic rings. The molecule has 0 spiro atoms. The number of rotatable bonds is 12. The van der Waals surface area contributed by atoms with Crippen molar-refractivity contribution >= 4 is 5.78 Å². The number of Topliss-reactive ketones (excluding diaryl/α,β-unsaturated/α-hetero) is 1. The van der Waals surface area contributed by atoms with E-state index in [4.69, 9.17) is 0 Å². The first-order valence-corrected chi connectivity index (χ1v) is 8.17. The van der Waals surface area contributed by atoms with Gasteiger partial charge in [-0.2, -0.15) is 0 Å². The number of allylic oxidation sites excluding steroid dienone is 1. The molecule has 0 aliphatic carbocycles. The Bertz CT molecular complexity index is 282. The van der Waals surface area contributed by atoms with Crippen LogP contribution in [0.4, 0.5) is 0 Å². The number of hydrogen-bond donors (Lipinski definition) is 0. The van der Waals surface area contributed by atoms with Crippen molar-refractivity contribution in [2.24, 2.45) is 0 Å². The molecule has 0 amide bonds. The summed E-state index contributed by atoms with van der Waals surface area (Å²) >= 11 is 0. The predicted molar refractivity (Wildman–Crippen MR) is 84.4 cm³/mol. The highest BCUT2D eigenvalue weighted by atomic mass is 16.1. The lowest BCUT2D eigenvalue weighted by atomic mass is 10.1. The molecule has 0 atom stereocenters. The van der Waals surface area contributed by atoms with Crippen LogP contribution < -0.4 is 0 Å². The summed E-state index contributed by atoms with van der Waals surface area (Å²) in [5.74, 6) is 0.276. The quantitative estimate of drug-likeness (QED) is 0.240. The Labute approximate surface area is 120 Å². The van der Waals surface area contributed by atoms with E-state index in [9.17, 15) is 4.79 Å². The summed E-state index contributed by atoms with van der Waals surface area (Å²) in [5.41, 5.74) is 3.97. The molecule has 110 valence electrons. The van der Waals surface area contributed by atoms with Crippen LogP contribution in [0.1, 0.15) is 91.4 Å². The van der Waals surface area contributed by atoms with Crippen LogP contribution in [0.5, 0.6) is 0 Å². The number of carbonyl (C=O) groups excluding carboxylic acids is 1. The van der Waals surface area contributed by atoms with Crippen LogP contribution in [0, 0.1) is 0 Å². The van der Waals surface area contributed by atoms with E-state index in [1.54, 1.807) is 0 Å². The van der Waals surface area contributed by atoms with Crippen LogP contribution >= 0.6 is 0 Å². The number of unbranched alkanes of at least 4 members (excludes halogenated alkanes) is 8. The third-order valence-electron chi connectivity index (χ3n) is 3.45. The predicted octanol–water partition coefficient (Wildman–Crippen LogP) is 5.99. The first-order chi connectivity index (χ1) is 9.22. The molecule has 0 aliphatic rings. The summed E-state index contributed by atoms with van der Waals surface area (Å²) in [4.78, 5) is 11.8. The highest BCUT2D eigenvalue weighted by Gasteiger charge is 2.02. The van der Waals surface area contributed by atoms with Crippen molar-refractivity contribution in [3.8, 4) is 0 Å². The molecular weight excluding hydrogens is 232 g/mol. The maximum Gasteiger partial charge on any atom is 0.166 e. The van der Waals surface area contributed by atoms with Crippen LogP contribution in [0.3, 0.4) is 0 Å². The van der Waals surface area contributed by atoms with Crippen LogP contribution in [0.2, 0.25) is 0 Å². The van der Waals surface area contributed by atoms with Gasteiger partial charge in [0, 0.05) is 12.0 Å². The lowest BCUT2D eigenvalue weighted by molar-refractivity contribution is -0.115. The summed E-state index contributed by atoms with van der Waals surface area (Å²) in [6, 6.07) is 0. The van der Waals surface area contributed by atoms with Crippen molar-refractivity contribution in [2.75, 3.05) is 0 Å². The molecule has 0 heterocycles. The Balaban J connectivity index is 3.73. The van der Waals surface area contributed by atoms with Crippen molar-refractivity contribution in [3.63, 3.8) is 0 Å². The molecule has 0 aromatic heterocycles. The molecule has 0 aliphatic heterocycles. The average molecular weight is 264 g/mol. The van der Waals surface area contributed by atoms with Crippen LogP contribution in [-0.4, -0.2) is 5.78 Å². The van der Waals surface area contributed by atoms with Crippen LogP contribution in [0.15, 0.2) is 17.4 Å². The molecule has 0 aromatic carbocycles. The van der Waals surface area contributed by atoms with E-state index < -0.39 is 0 Å². The first kappa shape index (κ1) is 18.2.